The highest BCUT2D eigenvalue weighted by molar-refractivity contribution is 6.09. The molecule has 5 nitrogen and oxygen atoms in total. The number of carbonyl (C=O) groups is 1. The van der Waals surface area contributed by atoms with Crippen molar-refractivity contribution in [2.75, 3.05) is 6.54 Å². The van der Waals surface area contributed by atoms with Gasteiger partial charge >= 0.3 is 5.97 Å². The fraction of sp³-hybridized carbons (Fsp3) is 0.292. The number of aliphatic carboxylic acids is 1. The van der Waals surface area contributed by atoms with Crippen LogP contribution >= 0.6 is 0 Å². The number of nitrogens with zero attached hydrogens (tertiary/aromatic N) is 3. The third kappa shape index (κ3) is 3.27. The molecule has 0 radical (unpaired) electrons. The second-order valence-corrected chi connectivity index (χ2v) is 8.27. The van der Waals surface area contributed by atoms with Crippen molar-refractivity contribution < 1.29 is 19.0 Å². The van der Waals surface area contributed by atoms with Gasteiger partial charge in [-0.05, 0) is 36.8 Å². The molecule has 1 aliphatic rings. The van der Waals surface area contributed by atoms with Crippen molar-refractivity contribution >= 4 is 34.2 Å². The Labute approximate surface area is 170 Å². The Morgan fingerprint density at radius 2 is 1.93 bits per heavy atom. The predicted octanol–water partition coefficient (Wildman–Crippen LogP) is 3.57. The second kappa shape index (κ2) is 6.99. The molecule has 1 N–H and O–H groups in total. The van der Waals surface area contributed by atoms with Crippen LogP contribution in [-0.2, 0) is 24.3 Å². The van der Waals surface area contributed by atoms with Crippen LogP contribution in [0.2, 0.25) is 0 Å². The molecule has 4 rings (SSSR count). The first-order valence-electron chi connectivity index (χ1n) is 9.87. The standard InChI is InChI=1S/C24H26N3O2/c1-24(2)21(12-10-18-15-25(3)16-26(18)4)27(14-13-22(28)29)20-11-9-17-7-5-6-8-19(17)23(20)24/h5-12,15-16H,13-14H2,1-4H3/q+1/p+1. The minimum Gasteiger partial charge on any atom is -0.481 e. The number of hydrogen-bond acceptors (Lipinski definition) is 1. The van der Waals surface area contributed by atoms with E-state index >= 15 is 0 Å². The average Bonchev–Trinajstić information content (AvgIpc) is 3.10. The van der Waals surface area contributed by atoms with E-state index in [1.165, 1.54) is 16.3 Å². The number of aryl methyl sites for hydroxylation is 2. The lowest BCUT2D eigenvalue weighted by atomic mass is 9.79. The maximum absolute atomic E-state index is 11.3. The summed E-state index contributed by atoms with van der Waals surface area (Å²) >= 11 is 0. The summed E-state index contributed by atoms with van der Waals surface area (Å²) in [7, 11) is 4.03. The lowest BCUT2D eigenvalue weighted by Crippen LogP contribution is -2.28. The van der Waals surface area contributed by atoms with Gasteiger partial charge in [0.25, 0.3) is 0 Å². The lowest BCUT2D eigenvalue weighted by Gasteiger charge is -2.17. The number of fused-ring (bicyclic) bond motifs is 3. The van der Waals surface area contributed by atoms with Gasteiger partial charge in [-0.25, -0.2) is 9.13 Å². The van der Waals surface area contributed by atoms with Crippen LogP contribution in [0.4, 0.5) is 5.69 Å². The van der Waals surface area contributed by atoms with Crippen molar-refractivity contribution in [3.8, 4) is 0 Å². The van der Waals surface area contributed by atoms with E-state index in [2.05, 4.69) is 77.7 Å². The number of benzene rings is 2. The molecule has 29 heavy (non-hydrogen) atoms. The largest absolute Gasteiger partial charge is 0.481 e. The smallest absolute Gasteiger partial charge is 0.309 e. The molecule has 0 saturated carbocycles. The molecule has 148 valence electrons. The van der Waals surface area contributed by atoms with Crippen LogP contribution in [0.25, 0.3) is 16.8 Å². The molecule has 0 unspecified atom stereocenters. The first kappa shape index (κ1) is 19.1. The van der Waals surface area contributed by atoms with Gasteiger partial charge < -0.3 is 5.11 Å². The van der Waals surface area contributed by atoms with Gasteiger partial charge in [0.1, 0.15) is 12.6 Å². The van der Waals surface area contributed by atoms with Crippen molar-refractivity contribution in [3.63, 3.8) is 0 Å². The molecule has 2 heterocycles. The molecular weight excluding hydrogens is 362 g/mol. The quantitative estimate of drug-likeness (QED) is 0.678. The molecule has 0 bridgehead atoms. The Morgan fingerprint density at radius 1 is 1.17 bits per heavy atom. The number of aromatic nitrogens is 2. The zero-order chi connectivity index (χ0) is 20.8. The zero-order valence-electron chi connectivity index (χ0n) is 17.4. The van der Waals surface area contributed by atoms with Crippen molar-refractivity contribution in [1.29, 1.82) is 0 Å². The summed E-state index contributed by atoms with van der Waals surface area (Å²) in [6.07, 6.45) is 8.45. The van der Waals surface area contributed by atoms with Gasteiger partial charge in [-0.1, -0.05) is 24.3 Å². The SMILES string of the molecule is Cn1c[n+](C)cc1/C=C/C1=[N+](CCC(=O)O)c2ccc3ccccc3c2C1(C)C. The fourth-order valence-electron chi connectivity index (χ4n) is 4.48. The summed E-state index contributed by atoms with van der Waals surface area (Å²) in [5.74, 6) is -0.783. The summed E-state index contributed by atoms with van der Waals surface area (Å²) in [5.41, 5.74) is 4.34. The van der Waals surface area contributed by atoms with Gasteiger partial charge in [0, 0.05) is 17.7 Å². The summed E-state index contributed by atoms with van der Waals surface area (Å²) in [6.45, 7) is 4.90. The molecule has 0 fully saturated rings. The van der Waals surface area contributed by atoms with E-state index in [4.69, 9.17) is 0 Å². The topological polar surface area (TPSA) is 49.1 Å². The first-order chi connectivity index (χ1) is 13.8. The number of imidazole rings is 1. The van der Waals surface area contributed by atoms with Crippen LogP contribution in [0, 0.1) is 0 Å². The summed E-state index contributed by atoms with van der Waals surface area (Å²) in [4.78, 5) is 11.3. The van der Waals surface area contributed by atoms with Crippen molar-refractivity contribution in [3.05, 3.63) is 66.3 Å². The third-order valence-corrected chi connectivity index (χ3v) is 5.81. The van der Waals surface area contributed by atoms with Gasteiger partial charge in [-0.15, -0.1) is 0 Å². The number of hydrogen-bond donors (Lipinski definition) is 1. The Kier molecular flexibility index (Phi) is 4.61. The zero-order valence-corrected chi connectivity index (χ0v) is 17.4. The predicted molar refractivity (Wildman–Crippen MR) is 115 cm³/mol. The summed E-state index contributed by atoms with van der Waals surface area (Å²) < 4.78 is 6.27. The molecule has 2 aromatic carbocycles. The Hall–Kier alpha value is -3.21. The number of carboxylic acid groups (broad SMARTS) is 1. The van der Waals surface area contributed by atoms with Crippen LogP contribution in [0.5, 0.6) is 0 Å². The number of rotatable bonds is 5. The third-order valence-electron chi connectivity index (χ3n) is 5.81. The van der Waals surface area contributed by atoms with E-state index in [-0.39, 0.29) is 11.8 Å². The van der Waals surface area contributed by atoms with E-state index in [0.717, 1.165) is 17.1 Å². The molecule has 0 amide bonds. The normalized spacial score (nSPS) is 15.4. The van der Waals surface area contributed by atoms with E-state index in [9.17, 15) is 9.90 Å². The monoisotopic (exact) mass is 389 g/mol. The molecule has 0 spiro atoms. The van der Waals surface area contributed by atoms with Gasteiger partial charge in [0.2, 0.25) is 12.0 Å². The van der Waals surface area contributed by atoms with E-state index in [1.54, 1.807) is 0 Å². The molecule has 0 aliphatic carbocycles. The second-order valence-electron chi connectivity index (χ2n) is 8.27. The minimum absolute atomic E-state index is 0.0960. The van der Waals surface area contributed by atoms with E-state index < -0.39 is 5.97 Å². The number of allylic oxidation sites excluding steroid dienone is 1. The molecule has 0 atom stereocenters. The van der Waals surface area contributed by atoms with Gasteiger partial charge in [0.15, 0.2) is 18.0 Å². The highest BCUT2D eigenvalue weighted by Gasteiger charge is 2.45. The fourth-order valence-corrected chi connectivity index (χ4v) is 4.48. The van der Waals surface area contributed by atoms with Crippen molar-refractivity contribution in [2.45, 2.75) is 25.7 Å². The van der Waals surface area contributed by atoms with Crippen LogP contribution in [0.15, 0.2) is 55.0 Å². The molecule has 3 aromatic rings. The van der Waals surface area contributed by atoms with Crippen LogP contribution in [-0.4, -0.2) is 32.5 Å². The van der Waals surface area contributed by atoms with Crippen molar-refractivity contribution in [2.24, 2.45) is 14.1 Å². The highest BCUT2D eigenvalue weighted by Crippen LogP contribution is 2.44. The summed E-state index contributed by atoms with van der Waals surface area (Å²) in [6, 6.07) is 12.7. The van der Waals surface area contributed by atoms with Crippen LogP contribution < -0.4 is 4.57 Å². The Bertz CT molecular complexity index is 1180. The molecule has 1 aromatic heterocycles. The maximum Gasteiger partial charge on any atom is 0.309 e. The van der Waals surface area contributed by atoms with Gasteiger partial charge in [0.05, 0.1) is 19.5 Å². The summed E-state index contributed by atoms with van der Waals surface area (Å²) in [5, 5.41) is 11.7. The van der Waals surface area contributed by atoms with Gasteiger partial charge in [-0.2, -0.15) is 4.58 Å². The first-order valence-corrected chi connectivity index (χ1v) is 9.87. The molecule has 1 aliphatic heterocycles. The lowest BCUT2D eigenvalue weighted by molar-refractivity contribution is -0.671. The van der Waals surface area contributed by atoms with Crippen LogP contribution in [0.1, 0.15) is 31.5 Å². The van der Waals surface area contributed by atoms with E-state index in [0.29, 0.717) is 6.54 Å². The Balaban J connectivity index is 1.89. The van der Waals surface area contributed by atoms with Gasteiger partial charge in [-0.3, -0.25) is 4.79 Å². The number of carboxylic acids is 1. The van der Waals surface area contributed by atoms with E-state index in [1.807, 2.05) is 25.0 Å². The maximum atomic E-state index is 11.3. The van der Waals surface area contributed by atoms with Crippen LogP contribution in [0.3, 0.4) is 0 Å². The minimum atomic E-state index is -0.783. The molecular formula is C24H27N3O2+2. The highest BCUT2D eigenvalue weighted by atomic mass is 16.4. The van der Waals surface area contributed by atoms with Crippen molar-refractivity contribution in [1.82, 2.24) is 4.57 Å². The molecule has 0 saturated heterocycles. The Morgan fingerprint density at radius 3 is 2.62 bits per heavy atom. The average molecular weight is 389 g/mol. The molecule has 5 heteroatoms.